The first kappa shape index (κ1) is 37.1. The SMILES string of the molecule is CCCCCCCC(CCCCCC)CN1CC2(CCC(CNC(CCCCCCC)CCCCCCC)CC2)C1. The average Bonchev–Trinajstić information content (AvgIpc) is 2.97. The van der Waals surface area contributed by atoms with Crippen LogP contribution in [-0.4, -0.2) is 37.1 Å². The minimum Gasteiger partial charge on any atom is -0.314 e. The van der Waals surface area contributed by atoms with Crippen molar-refractivity contribution in [2.24, 2.45) is 17.3 Å². The van der Waals surface area contributed by atoms with Crippen molar-refractivity contribution in [3.05, 3.63) is 0 Å². The van der Waals surface area contributed by atoms with Gasteiger partial charge in [-0.2, -0.15) is 0 Å². The van der Waals surface area contributed by atoms with E-state index in [-0.39, 0.29) is 0 Å². The molecule has 1 N–H and O–H groups in total. The molecule has 1 spiro atoms. The van der Waals surface area contributed by atoms with Gasteiger partial charge in [0.25, 0.3) is 0 Å². The van der Waals surface area contributed by atoms with Crippen LogP contribution in [0.5, 0.6) is 0 Å². The highest BCUT2D eigenvalue weighted by molar-refractivity contribution is 4.98. The zero-order valence-electron chi connectivity index (χ0n) is 29.1. The van der Waals surface area contributed by atoms with Crippen LogP contribution in [0.2, 0.25) is 0 Å². The largest absolute Gasteiger partial charge is 0.314 e. The minimum atomic E-state index is 0.697. The Morgan fingerprint density at radius 1 is 0.561 bits per heavy atom. The summed E-state index contributed by atoms with van der Waals surface area (Å²) in [5.41, 5.74) is 0.697. The Balaban J connectivity index is 1.67. The third-order valence-electron chi connectivity index (χ3n) is 11.0. The molecule has 1 aliphatic heterocycles. The second kappa shape index (κ2) is 24.3. The topological polar surface area (TPSA) is 15.3 Å². The highest BCUT2D eigenvalue weighted by Crippen LogP contribution is 2.46. The summed E-state index contributed by atoms with van der Waals surface area (Å²) in [5.74, 6) is 1.90. The van der Waals surface area contributed by atoms with Crippen LogP contribution in [0, 0.1) is 17.3 Å². The van der Waals surface area contributed by atoms with E-state index in [1.807, 2.05) is 0 Å². The molecule has 1 saturated heterocycles. The normalized spacial score (nSPS) is 18.4. The molecule has 0 amide bonds. The van der Waals surface area contributed by atoms with Gasteiger partial charge in [0, 0.05) is 25.7 Å². The number of nitrogens with zero attached hydrogens (tertiary/aromatic N) is 1. The monoisotopic (exact) mass is 575 g/mol. The quantitative estimate of drug-likeness (QED) is 0.0935. The molecule has 1 atom stereocenters. The highest BCUT2D eigenvalue weighted by atomic mass is 15.2. The van der Waals surface area contributed by atoms with Crippen LogP contribution in [0.25, 0.3) is 0 Å². The summed E-state index contributed by atoms with van der Waals surface area (Å²) >= 11 is 0. The average molecular weight is 575 g/mol. The van der Waals surface area contributed by atoms with E-state index >= 15 is 0 Å². The molecule has 0 bridgehead atoms. The summed E-state index contributed by atoms with van der Waals surface area (Å²) in [6.45, 7) is 14.9. The molecule has 1 unspecified atom stereocenters. The fraction of sp³-hybridized carbons (Fsp3) is 1.00. The predicted molar refractivity (Wildman–Crippen MR) is 185 cm³/mol. The van der Waals surface area contributed by atoms with Gasteiger partial charge in [0.05, 0.1) is 0 Å². The zero-order valence-corrected chi connectivity index (χ0v) is 29.1. The third kappa shape index (κ3) is 17.1. The van der Waals surface area contributed by atoms with E-state index in [0.29, 0.717) is 5.41 Å². The van der Waals surface area contributed by atoms with Crippen LogP contribution in [0.1, 0.15) is 201 Å². The van der Waals surface area contributed by atoms with Gasteiger partial charge < -0.3 is 10.2 Å². The van der Waals surface area contributed by atoms with E-state index < -0.39 is 0 Å². The number of likely N-dealkylation sites (tertiary alicyclic amines) is 1. The lowest BCUT2D eigenvalue weighted by atomic mass is 9.65. The first-order chi connectivity index (χ1) is 20.1. The van der Waals surface area contributed by atoms with Crippen molar-refractivity contribution in [2.75, 3.05) is 26.2 Å². The summed E-state index contributed by atoms with van der Waals surface area (Å²) in [6.07, 6.45) is 39.0. The maximum Gasteiger partial charge on any atom is 0.00671 e. The van der Waals surface area contributed by atoms with Gasteiger partial charge in [-0.1, -0.05) is 150 Å². The highest BCUT2D eigenvalue weighted by Gasteiger charge is 2.45. The van der Waals surface area contributed by atoms with Crippen molar-refractivity contribution in [1.82, 2.24) is 10.2 Å². The molecule has 2 rings (SSSR count). The molecule has 41 heavy (non-hydrogen) atoms. The Kier molecular flexibility index (Phi) is 22.0. The summed E-state index contributed by atoms with van der Waals surface area (Å²) < 4.78 is 0. The number of hydrogen-bond acceptors (Lipinski definition) is 2. The van der Waals surface area contributed by atoms with Gasteiger partial charge in [0.15, 0.2) is 0 Å². The molecular formula is C39H78N2. The van der Waals surface area contributed by atoms with Crippen LogP contribution < -0.4 is 5.32 Å². The lowest BCUT2D eigenvalue weighted by Crippen LogP contribution is -2.58. The Hall–Kier alpha value is -0.0800. The van der Waals surface area contributed by atoms with Gasteiger partial charge in [-0.15, -0.1) is 0 Å². The molecule has 2 heteroatoms. The van der Waals surface area contributed by atoms with E-state index in [4.69, 9.17) is 0 Å². The lowest BCUT2D eigenvalue weighted by molar-refractivity contribution is -0.0469. The van der Waals surface area contributed by atoms with Crippen LogP contribution in [0.3, 0.4) is 0 Å². The van der Waals surface area contributed by atoms with E-state index in [2.05, 4.69) is 37.9 Å². The van der Waals surface area contributed by atoms with Crippen LogP contribution in [-0.2, 0) is 0 Å². The minimum absolute atomic E-state index is 0.697. The van der Waals surface area contributed by atoms with E-state index in [1.54, 1.807) is 0 Å². The number of hydrogen-bond donors (Lipinski definition) is 1. The van der Waals surface area contributed by atoms with Gasteiger partial charge >= 0.3 is 0 Å². The molecule has 0 aromatic heterocycles. The fourth-order valence-electron chi connectivity index (χ4n) is 8.10. The van der Waals surface area contributed by atoms with Gasteiger partial charge in [-0.05, 0) is 75.2 Å². The van der Waals surface area contributed by atoms with E-state index in [9.17, 15) is 0 Å². The summed E-state index contributed by atoms with van der Waals surface area (Å²) in [4.78, 5) is 2.88. The summed E-state index contributed by atoms with van der Waals surface area (Å²) in [6, 6.07) is 0.782. The Morgan fingerprint density at radius 3 is 1.44 bits per heavy atom. The molecule has 2 fully saturated rings. The lowest BCUT2D eigenvalue weighted by Gasteiger charge is -2.54. The Bertz CT molecular complexity index is 544. The van der Waals surface area contributed by atoms with Crippen LogP contribution in [0.4, 0.5) is 0 Å². The first-order valence-corrected chi connectivity index (χ1v) is 19.6. The summed E-state index contributed by atoms with van der Waals surface area (Å²) in [5, 5.41) is 4.12. The van der Waals surface area contributed by atoms with Crippen LogP contribution >= 0.6 is 0 Å². The van der Waals surface area contributed by atoms with Crippen molar-refractivity contribution in [2.45, 2.75) is 207 Å². The second-order valence-corrected chi connectivity index (χ2v) is 15.0. The van der Waals surface area contributed by atoms with Crippen molar-refractivity contribution in [3.8, 4) is 0 Å². The van der Waals surface area contributed by atoms with E-state index in [1.165, 1.54) is 200 Å². The molecule has 2 aliphatic rings. The molecule has 244 valence electrons. The van der Waals surface area contributed by atoms with Gasteiger partial charge in [0.2, 0.25) is 0 Å². The fourth-order valence-corrected chi connectivity index (χ4v) is 8.10. The maximum atomic E-state index is 4.12. The number of unbranched alkanes of at least 4 members (excludes halogenated alkanes) is 15. The van der Waals surface area contributed by atoms with Crippen molar-refractivity contribution in [3.63, 3.8) is 0 Å². The van der Waals surface area contributed by atoms with Gasteiger partial charge in [0.1, 0.15) is 0 Å². The molecule has 1 heterocycles. The second-order valence-electron chi connectivity index (χ2n) is 15.0. The molecule has 0 radical (unpaired) electrons. The Morgan fingerprint density at radius 2 is 0.976 bits per heavy atom. The molecule has 0 aromatic carbocycles. The zero-order chi connectivity index (χ0) is 29.4. The molecular weight excluding hydrogens is 496 g/mol. The van der Waals surface area contributed by atoms with Crippen molar-refractivity contribution >= 4 is 0 Å². The first-order valence-electron chi connectivity index (χ1n) is 19.6. The van der Waals surface area contributed by atoms with E-state index in [0.717, 1.165) is 17.9 Å². The van der Waals surface area contributed by atoms with Gasteiger partial charge in [-0.3, -0.25) is 0 Å². The van der Waals surface area contributed by atoms with Crippen LogP contribution in [0.15, 0.2) is 0 Å². The van der Waals surface area contributed by atoms with Gasteiger partial charge in [-0.25, -0.2) is 0 Å². The predicted octanol–water partition coefficient (Wildman–Crippen LogP) is 12.1. The Labute approximate surface area is 260 Å². The standard InChI is InChI=1S/C39H78N2/c1-5-9-13-17-21-25-37(24-20-16-12-8-4)33-41-34-39(35-41)30-28-36(29-31-39)32-40-38(26-22-18-14-10-6-2)27-23-19-15-11-7-3/h36-38,40H,5-35H2,1-4H3. The van der Waals surface area contributed by atoms with Crippen molar-refractivity contribution in [1.29, 1.82) is 0 Å². The number of rotatable bonds is 28. The number of nitrogens with one attached hydrogen (secondary N) is 1. The smallest absolute Gasteiger partial charge is 0.00671 e. The third-order valence-corrected chi connectivity index (χ3v) is 11.0. The molecule has 1 aliphatic carbocycles. The molecule has 0 aromatic rings. The summed E-state index contributed by atoms with van der Waals surface area (Å²) in [7, 11) is 0. The molecule has 1 saturated carbocycles. The van der Waals surface area contributed by atoms with Crippen molar-refractivity contribution < 1.29 is 0 Å². The molecule has 2 nitrogen and oxygen atoms in total. The maximum absolute atomic E-state index is 4.12.